The van der Waals surface area contributed by atoms with E-state index >= 15 is 0 Å². The molecule has 4 nitrogen and oxygen atoms in total. The number of benzene rings is 1. The maximum Gasteiger partial charge on any atom is 0.224 e. The largest absolute Gasteiger partial charge is 0.355 e. The summed E-state index contributed by atoms with van der Waals surface area (Å²) in [6.45, 7) is 9.63. The molecule has 2 N–H and O–H groups in total. The number of hydrogen-bond donors (Lipinski definition) is 2. The Bertz CT molecular complexity index is 524. The lowest BCUT2D eigenvalue weighted by atomic mass is 9.82. The first-order valence-electron chi connectivity index (χ1n) is 9.70. The van der Waals surface area contributed by atoms with Crippen molar-refractivity contribution in [1.82, 2.24) is 15.5 Å². The van der Waals surface area contributed by atoms with E-state index < -0.39 is 0 Å². The third kappa shape index (κ3) is 7.57. The first-order chi connectivity index (χ1) is 12.0. The lowest BCUT2D eigenvalue weighted by molar-refractivity contribution is -0.120. The van der Waals surface area contributed by atoms with Gasteiger partial charge in [0.15, 0.2) is 0 Å². The maximum absolute atomic E-state index is 12.1. The highest BCUT2D eigenvalue weighted by molar-refractivity contribution is 5.78. The zero-order valence-electron chi connectivity index (χ0n) is 16.2. The van der Waals surface area contributed by atoms with Gasteiger partial charge in [-0.15, -0.1) is 0 Å². The molecule has 1 fully saturated rings. The molecule has 140 valence electrons. The number of carbonyl (C=O) groups excluding carboxylic acids is 1. The van der Waals surface area contributed by atoms with Crippen molar-refractivity contribution in [3.05, 3.63) is 35.4 Å². The zero-order valence-corrected chi connectivity index (χ0v) is 16.2. The average Bonchev–Trinajstić information content (AvgIpc) is 2.56. The van der Waals surface area contributed by atoms with Gasteiger partial charge in [0, 0.05) is 19.6 Å². The molecule has 1 aromatic rings. The number of carbonyl (C=O) groups is 1. The zero-order chi connectivity index (χ0) is 18.1. The molecule has 0 aromatic heterocycles. The average molecular weight is 346 g/mol. The molecule has 1 heterocycles. The van der Waals surface area contributed by atoms with Crippen LogP contribution < -0.4 is 10.6 Å². The number of hydrogen-bond acceptors (Lipinski definition) is 3. The Labute approximate surface area is 153 Å². The molecular formula is C21H35N3O. The monoisotopic (exact) mass is 345 g/mol. The second-order valence-electron chi connectivity index (χ2n) is 8.09. The molecule has 2 rings (SSSR count). The highest BCUT2D eigenvalue weighted by Gasteiger charge is 2.21. The number of likely N-dealkylation sites (tertiary alicyclic amines) is 1. The predicted molar refractivity (Wildman–Crippen MR) is 105 cm³/mol. The minimum atomic E-state index is 0.119. The minimum absolute atomic E-state index is 0.119. The molecule has 1 aromatic carbocycles. The van der Waals surface area contributed by atoms with E-state index in [4.69, 9.17) is 0 Å². The van der Waals surface area contributed by atoms with Gasteiger partial charge in [-0.3, -0.25) is 4.79 Å². The molecule has 1 aliphatic heterocycles. The van der Waals surface area contributed by atoms with Crippen molar-refractivity contribution >= 4 is 5.91 Å². The Morgan fingerprint density at radius 1 is 1.08 bits per heavy atom. The van der Waals surface area contributed by atoms with Crippen LogP contribution in [-0.2, 0) is 17.8 Å². The molecule has 4 heteroatoms. The molecular weight excluding hydrogens is 310 g/mol. The van der Waals surface area contributed by atoms with E-state index in [1.807, 2.05) is 19.2 Å². The van der Waals surface area contributed by atoms with Crippen molar-refractivity contribution in [3.63, 3.8) is 0 Å². The number of amides is 1. The van der Waals surface area contributed by atoms with Crippen LogP contribution in [0.4, 0.5) is 0 Å². The lowest BCUT2D eigenvalue weighted by Gasteiger charge is -2.32. The van der Waals surface area contributed by atoms with Crippen molar-refractivity contribution in [1.29, 1.82) is 0 Å². The van der Waals surface area contributed by atoms with Gasteiger partial charge in [0.1, 0.15) is 0 Å². The Hall–Kier alpha value is -1.39. The molecule has 25 heavy (non-hydrogen) atoms. The predicted octanol–water partition coefficient (Wildman–Crippen LogP) is 2.97. The standard InChI is InChI=1S/C21H35N3O/c1-21(2)10-4-5-13-24(14-11-21)15-12-23-20(25)16-18-6-8-19(9-7-18)17-22-3/h6-9,22H,4-5,10-17H2,1-3H3,(H,23,25). The van der Waals surface area contributed by atoms with Gasteiger partial charge in [-0.05, 0) is 55.9 Å². The summed E-state index contributed by atoms with van der Waals surface area (Å²) >= 11 is 0. The van der Waals surface area contributed by atoms with Crippen LogP contribution in [0.5, 0.6) is 0 Å². The van der Waals surface area contributed by atoms with Crippen LogP contribution in [0.25, 0.3) is 0 Å². The molecule has 0 radical (unpaired) electrons. The smallest absolute Gasteiger partial charge is 0.224 e. The van der Waals surface area contributed by atoms with Gasteiger partial charge in [0.25, 0.3) is 0 Å². The van der Waals surface area contributed by atoms with Crippen molar-refractivity contribution in [2.75, 3.05) is 33.2 Å². The summed E-state index contributed by atoms with van der Waals surface area (Å²) in [7, 11) is 1.94. The summed E-state index contributed by atoms with van der Waals surface area (Å²) in [4.78, 5) is 14.7. The minimum Gasteiger partial charge on any atom is -0.355 e. The molecule has 0 unspecified atom stereocenters. The quantitative estimate of drug-likeness (QED) is 0.798. The molecule has 0 bridgehead atoms. The first kappa shape index (κ1) is 19.9. The van der Waals surface area contributed by atoms with Gasteiger partial charge in [-0.25, -0.2) is 0 Å². The second kappa shape index (κ2) is 9.93. The van der Waals surface area contributed by atoms with Gasteiger partial charge in [-0.1, -0.05) is 44.5 Å². The fourth-order valence-corrected chi connectivity index (χ4v) is 3.44. The summed E-state index contributed by atoms with van der Waals surface area (Å²) in [5, 5.41) is 6.21. The van der Waals surface area contributed by atoms with Crippen LogP contribution in [0.3, 0.4) is 0 Å². The first-order valence-corrected chi connectivity index (χ1v) is 9.70. The fraction of sp³-hybridized carbons (Fsp3) is 0.667. The van der Waals surface area contributed by atoms with Crippen LogP contribution in [-0.4, -0.2) is 44.0 Å². The topological polar surface area (TPSA) is 44.4 Å². The molecule has 1 aliphatic rings. The Morgan fingerprint density at radius 3 is 2.52 bits per heavy atom. The highest BCUT2D eigenvalue weighted by atomic mass is 16.1. The summed E-state index contributed by atoms with van der Waals surface area (Å²) in [6, 6.07) is 8.27. The lowest BCUT2D eigenvalue weighted by Crippen LogP contribution is -2.38. The Balaban J connectivity index is 1.69. The normalized spacial score (nSPS) is 18.4. The van der Waals surface area contributed by atoms with Crippen molar-refractivity contribution in [2.45, 2.75) is 52.5 Å². The van der Waals surface area contributed by atoms with Gasteiger partial charge in [0.05, 0.1) is 6.42 Å². The third-order valence-corrected chi connectivity index (χ3v) is 5.20. The van der Waals surface area contributed by atoms with Gasteiger partial charge < -0.3 is 15.5 Å². The summed E-state index contributed by atoms with van der Waals surface area (Å²) in [5.41, 5.74) is 2.78. The Morgan fingerprint density at radius 2 is 1.80 bits per heavy atom. The van der Waals surface area contributed by atoms with Gasteiger partial charge in [0.2, 0.25) is 5.91 Å². The number of nitrogens with zero attached hydrogens (tertiary/aromatic N) is 1. The molecule has 0 atom stereocenters. The second-order valence-corrected chi connectivity index (χ2v) is 8.09. The van der Waals surface area contributed by atoms with Crippen molar-refractivity contribution in [3.8, 4) is 0 Å². The van der Waals surface area contributed by atoms with Crippen molar-refractivity contribution < 1.29 is 4.79 Å². The summed E-state index contributed by atoms with van der Waals surface area (Å²) < 4.78 is 0. The van der Waals surface area contributed by atoms with Crippen LogP contribution in [0.2, 0.25) is 0 Å². The van der Waals surface area contributed by atoms with Crippen LogP contribution in [0.15, 0.2) is 24.3 Å². The van der Waals surface area contributed by atoms with E-state index in [1.165, 1.54) is 37.8 Å². The van der Waals surface area contributed by atoms with E-state index in [0.29, 0.717) is 11.8 Å². The van der Waals surface area contributed by atoms with Crippen molar-refractivity contribution in [2.24, 2.45) is 5.41 Å². The molecule has 0 spiro atoms. The van der Waals surface area contributed by atoms with Gasteiger partial charge >= 0.3 is 0 Å². The van der Waals surface area contributed by atoms with Crippen LogP contribution in [0, 0.1) is 5.41 Å². The molecule has 1 saturated heterocycles. The van der Waals surface area contributed by atoms with Gasteiger partial charge in [-0.2, -0.15) is 0 Å². The van der Waals surface area contributed by atoms with E-state index in [-0.39, 0.29) is 5.91 Å². The van der Waals surface area contributed by atoms with E-state index in [9.17, 15) is 4.79 Å². The SMILES string of the molecule is CNCc1ccc(CC(=O)NCCN2CCCCC(C)(C)CC2)cc1. The maximum atomic E-state index is 12.1. The van der Waals surface area contributed by atoms with E-state index in [0.717, 1.165) is 31.7 Å². The fourth-order valence-electron chi connectivity index (χ4n) is 3.44. The van der Waals surface area contributed by atoms with Crippen LogP contribution in [0.1, 0.15) is 50.7 Å². The Kier molecular flexibility index (Phi) is 7.91. The molecule has 0 aliphatic carbocycles. The number of nitrogens with one attached hydrogen (secondary N) is 2. The van der Waals surface area contributed by atoms with E-state index in [2.05, 4.69) is 41.5 Å². The van der Waals surface area contributed by atoms with Crippen LogP contribution >= 0.6 is 0 Å². The molecule has 1 amide bonds. The summed E-state index contributed by atoms with van der Waals surface area (Å²) in [6.07, 6.45) is 5.65. The number of rotatable bonds is 7. The summed E-state index contributed by atoms with van der Waals surface area (Å²) in [5.74, 6) is 0.119. The molecule has 0 saturated carbocycles. The third-order valence-electron chi connectivity index (χ3n) is 5.20. The highest BCUT2D eigenvalue weighted by Crippen LogP contribution is 2.29. The van der Waals surface area contributed by atoms with E-state index in [1.54, 1.807) is 0 Å².